The van der Waals surface area contributed by atoms with Crippen molar-refractivity contribution in [1.29, 1.82) is 0 Å². The average molecular weight is 333 g/mol. The third kappa shape index (κ3) is 3.13. The van der Waals surface area contributed by atoms with Gasteiger partial charge in [-0.05, 0) is 36.4 Å². The fourth-order valence-corrected chi connectivity index (χ4v) is 2.17. The van der Waals surface area contributed by atoms with Gasteiger partial charge in [-0.2, -0.15) is 9.90 Å². The Bertz CT molecular complexity index is 979. The maximum Gasteiger partial charge on any atom is 0.365 e. The predicted molar refractivity (Wildman–Crippen MR) is 86.1 cm³/mol. The molecule has 25 heavy (non-hydrogen) atoms. The number of benzene rings is 2. The van der Waals surface area contributed by atoms with Gasteiger partial charge in [0.2, 0.25) is 12.3 Å². The molecule has 0 aliphatic carbocycles. The zero-order valence-electron chi connectivity index (χ0n) is 12.8. The van der Waals surface area contributed by atoms with E-state index in [1.807, 2.05) is 30.3 Å². The molecule has 0 saturated carbocycles. The number of aromatic nitrogens is 5. The summed E-state index contributed by atoms with van der Waals surface area (Å²) in [6.45, 7) is 0. The first kappa shape index (κ1) is 14.8. The number of para-hydroxylation sites is 1. The molecule has 0 radical (unpaired) electrons. The molecule has 0 fully saturated rings. The van der Waals surface area contributed by atoms with Crippen molar-refractivity contribution in [2.75, 3.05) is 0 Å². The zero-order chi connectivity index (χ0) is 17.1. The molecule has 2 aromatic carbocycles. The van der Waals surface area contributed by atoms with E-state index in [1.54, 1.807) is 24.3 Å². The molecular weight excluding hydrogens is 322 g/mol. The Morgan fingerprint density at radius 2 is 1.84 bits per heavy atom. The summed E-state index contributed by atoms with van der Waals surface area (Å²) in [7, 11) is 0. The first-order valence-corrected chi connectivity index (χ1v) is 7.36. The minimum Gasteiger partial charge on any atom is -0.423 e. The number of carbonyl (C=O) groups excluding carboxylic acids is 1. The highest BCUT2D eigenvalue weighted by molar-refractivity contribution is 5.88. The molecule has 4 rings (SSSR count). The number of hydrogen-bond donors (Lipinski definition) is 0. The van der Waals surface area contributed by atoms with Crippen LogP contribution in [0, 0.1) is 0 Å². The molecule has 0 saturated heterocycles. The van der Waals surface area contributed by atoms with E-state index < -0.39 is 5.97 Å². The van der Waals surface area contributed by atoms with Crippen LogP contribution in [0.25, 0.3) is 17.1 Å². The fourth-order valence-electron chi connectivity index (χ4n) is 2.17. The van der Waals surface area contributed by atoms with Crippen LogP contribution in [0.1, 0.15) is 10.5 Å². The van der Waals surface area contributed by atoms with Crippen molar-refractivity contribution in [2.45, 2.75) is 0 Å². The number of nitrogens with zero attached hydrogens (tertiary/aromatic N) is 5. The van der Waals surface area contributed by atoms with E-state index >= 15 is 0 Å². The highest BCUT2D eigenvalue weighted by Crippen LogP contribution is 2.20. The van der Waals surface area contributed by atoms with Crippen molar-refractivity contribution in [2.24, 2.45) is 0 Å². The number of carbonyl (C=O) groups is 1. The smallest absolute Gasteiger partial charge is 0.365 e. The lowest BCUT2D eigenvalue weighted by Crippen LogP contribution is -2.10. The van der Waals surface area contributed by atoms with Gasteiger partial charge in [0.25, 0.3) is 0 Å². The van der Waals surface area contributed by atoms with E-state index in [-0.39, 0.29) is 5.69 Å². The Balaban J connectivity index is 1.48. The van der Waals surface area contributed by atoms with E-state index in [4.69, 9.17) is 9.15 Å². The second-order valence-electron chi connectivity index (χ2n) is 5.01. The maximum absolute atomic E-state index is 12.2. The van der Waals surface area contributed by atoms with Crippen molar-refractivity contribution < 1.29 is 13.9 Å². The number of esters is 1. The lowest BCUT2D eigenvalue weighted by Gasteiger charge is -2.02. The molecule has 8 nitrogen and oxygen atoms in total. The highest BCUT2D eigenvalue weighted by Gasteiger charge is 2.14. The normalized spacial score (nSPS) is 10.6. The second-order valence-corrected chi connectivity index (χ2v) is 5.01. The maximum atomic E-state index is 12.2. The van der Waals surface area contributed by atoms with Crippen LogP contribution in [-0.2, 0) is 0 Å². The summed E-state index contributed by atoms with van der Waals surface area (Å²) in [6, 6.07) is 16.0. The van der Waals surface area contributed by atoms with Gasteiger partial charge >= 0.3 is 5.97 Å². The summed E-state index contributed by atoms with van der Waals surface area (Å²) in [6.07, 6.45) is 2.61. The van der Waals surface area contributed by atoms with Crippen LogP contribution in [-0.4, -0.2) is 31.2 Å². The van der Waals surface area contributed by atoms with Crippen LogP contribution in [0.15, 0.2) is 71.6 Å². The second kappa shape index (κ2) is 6.36. The Morgan fingerprint density at radius 3 is 2.56 bits per heavy atom. The first-order chi connectivity index (χ1) is 12.3. The summed E-state index contributed by atoms with van der Waals surface area (Å²) in [5.41, 5.74) is 1.60. The van der Waals surface area contributed by atoms with Gasteiger partial charge in [0, 0.05) is 5.56 Å². The fraction of sp³-hybridized carbons (Fsp3) is 0. The third-order valence-corrected chi connectivity index (χ3v) is 3.36. The first-order valence-electron chi connectivity index (χ1n) is 7.36. The van der Waals surface area contributed by atoms with Crippen molar-refractivity contribution in [3.63, 3.8) is 0 Å². The molecule has 4 aromatic rings. The van der Waals surface area contributed by atoms with Crippen molar-refractivity contribution in [1.82, 2.24) is 25.2 Å². The van der Waals surface area contributed by atoms with Gasteiger partial charge in [-0.25, -0.2) is 4.79 Å². The average Bonchev–Trinajstić information content (AvgIpc) is 3.35. The third-order valence-electron chi connectivity index (χ3n) is 3.36. The molecule has 8 heteroatoms. The number of rotatable bonds is 4. The van der Waals surface area contributed by atoms with Gasteiger partial charge in [0.05, 0.1) is 11.9 Å². The van der Waals surface area contributed by atoms with E-state index in [1.165, 1.54) is 17.4 Å². The van der Waals surface area contributed by atoms with Crippen molar-refractivity contribution in [3.05, 3.63) is 72.9 Å². The quantitative estimate of drug-likeness (QED) is 0.418. The van der Waals surface area contributed by atoms with Gasteiger partial charge in [0.15, 0.2) is 5.69 Å². The molecule has 0 unspecified atom stereocenters. The van der Waals surface area contributed by atoms with Crippen LogP contribution < -0.4 is 4.74 Å². The molecule has 0 amide bonds. The van der Waals surface area contributed by atoms with Crippen LogP contribution in [0.3, 0.4) is 0 Å². The molecule has 2 heterocycles. The molecular formula is C17H11N5O3. The monoisotopic (exact) mass is 333 g/mol. The van der Waals surface area contributed by atoms with Crippen molar-refractivity contribution >= 4 is 5.97 Å². The standard InChI is InChI=1S/C17H11N5O3/c23-17(15-10-19-22(21-15)13-4-2-1-3-5-13)25-14-8-6-12(7-9-14)16-20-18-11-24-16/h1-11H. The molecule has 0 N–H and O–H groups in total. The summed E-state index contributed by atoms with van der Waals surface area (Å²) in [5, 5.41) is 15.6. The van der Waals surface area contributed by atoms with Gasteiger partial charge < -0.3 is 9.15 Å². The SMILES string of the molecule is O=C(Oc1ccc(-c2nnco2)cc1)c1cnn(-c2ccccc2)n1. The van der Waals surface area contributed by atoms with Crippen LogP contribution in [0.5, 0.6) is 5.75 Å². The molecule has 2 aromatic heterocycles. The molecule has 0 spiro atoms. The Labute approximate surface area is 141 Å². The van der Waals surface area contributed by atoms with Crippen LogP contribution in [0.4, 0.5) is 0 Å². The molecule has 0 aliphatic heterocycles. The topological polar surface area (TPSA) is 95.9 Å². The van der Waals surface area contributed by atoms with E-state index in [2.05, 4.69) is 20.4 Å². The van der Waals surface area contributed by atoms with Gasteiger partial charge in [-0.3, -0.25) is 0 Å². The summed E-state index contributed by atoms with van der Waals surface area (Å²) < 4.78 is 10.4. The van der Waals surface area contributed by atoms with Gasteiger partial charge in [-0.1, -0.05) is 18.2 Å². The summed E-state index contributed by atoms with van der Waals surface area (Å²) >= 11 is 0. The van der Waals surface area contributed by atoms with Gasteiger partial charge in [0.1, 0.15) is 5.75 Å². The minimum atomic E-state index is -0.590. The predicted octanol–water partition coefficient (Wildman–Crippen LogP) is 2.54. The molecule has 0 atom stereocenters. The van der Waals surface area contributed by atoms with E-state index in [0.29, 0.717) is 11.6 Å². The Hall–Kier alpha value is -3.81. The Morgan fingerprint density at radius 1 is 1.04 bits per heavy atom. The highest BCUT2D eigenvalue weighted by atomic mass is 16.5. The van der Waals surface area contributed by atoms with Crippen molar-refractivity contribution in [3.8, 4) is 22.9 Å². The zero-order valence-corrected chi connectivity index (χ0v) is 12.8. The molecule has 0 aliphatic rings. The lowest BCUT2D eigenvalue weighted by atomic mass is 10.2. The van der Waals surface area contributed by atoms with Crippen LogP contribution in [0.2, 0.25) is 0 Å². The number of ether oxygens (including phenoxy) is 1. The Kier molecular flexibility index (Phi) is 3.76. The van der Waals surface area contributed by atoms with E-state index in [9.17, 15) is 4.79 Å². The summed E-state index contributed by atoms with van der Waals surface area (Å²) in [5.74, 6) is 0.180. The number of hydrogen-bond acceptors (Lipinski definition) is 7. The minimum absolute atomic E-state index is 0.116. The summed E-state index contributed by atoms with van der Waals surface area (Å²) in [4.78, 5) is 13.6. The van der Waals surface area contributed by atoms with E-state index in [0.717, 1.165) is 11.3 Å². The van der Waals surface area contributed by atoms with Gasteiger partial charge in [-0.15, -0.1) is 15.3 Å². The van der Waals surface area contributed by atoms with Crippen LogP contribution >= 0.6 is 0 Å². The molecule has 0 bridgehead atoms. The lowest BCUT2D eigenvalue weighted by molar-refractivity contribution is 0.0728. The molecule has 122 valence electrons. The largest absolute Gasteiger partial charge is 0.423 e.